The number of rotatable bonds is 11. The minimum absolute atomic E-state index is 0.00905. The van der Waals surface area contributed by atoms with E-state index in [1.807, 2.05) is 0 Å². The quantitative estimate of drug-likeness (QED) is 0.203. The summed E-state index contributed by atoms with van der Waals surface area (Å²) >= 11 is 4.29. The minimum Gasteiger partial charge on any atom is -0.772 e. The van der Waals surface area contributed by atoms with Crippen LogP contribution in [0.2, 0.25) is 5.02 Å². The highest BCUT2D eigenvalue weighted by Gasteiger charge is 2.68. The molecule has 0 spiro atoms. The van der Waals surface area contributed by atoms with Crippen LogP contribution in [-0.2, 0) is 17.6 Å². The van der Waals surface area contributed by atoms with Crippen LogP contribution in [0.3, 0.4) is 0 Å². The monoisotopic (exact) mass is 640 g/mol. The normalized spacial score (nSPS) is 22.6. The van der Waals surface area contributed by atoms with E-state index in [0.29, 0.717) is 12.8 Å². The SMILES string of the molecule is CCn1nc(C(=O)NCC2(O)CCC(CS(=O)[O-])CC2)c(Cl)c1-c1ccc(C(=O)C2(C(F)(F)F)CC2)cc1OC(F)F. The number of carbonyl (C=O) groups is 2. The smallest absolute Gasteiger partial charge is 0.401 e. The number of hydrogen-bond donors (Lipinski definition) is 2. The third-order valence-corrected chi connectivity index (χ3v) is 8.94. The van der Waals surface area contributed by atoms with Gasteiger partial charge < -0.3 is 19.7 Å². The fourth-order valence-electron chi connectivity index (χ4n) is 5.24. The van der Waals surface area contributed by atoms with Crippen LogP contribution in [0.15, 0.2) is 18.2 Å². The molecule has 2 aromatic rings. The molecule has 2 aliphatic carbocycles. The molecule has 2 N–H and O–H groups in total. The molecule has 232 valence electrons. The van der Waals surface area contributed by atoms with Gasteiger partial charge in [0.25, 0.3) is 5.91 Å². The van der Waals surface area contributed by atoms with Crippen molar-refractivity contribution in [3.05, 3.63) is 34.5 Å². The highest BCUT2D eigenvalue weighted by atomic mass is 35.5. The number of nitrogens with one attached hydrogen (secondary N) is 1. The van der Waals surface area contributed by atoms with Crippen molar-refractivity contribution in [2.75, 3.05) is 12.3 Å². The fraction of sp³-hybridized carbons (Fsp3) is 0.577. The summed E-state index contributed by atoms with van der Waals surface area (Å²) in [5, 5.41) is 17.3. The van der Waals surface area contributed by atoms with Gasteiger partial charge in [-0.25, -0.2) is 0 Å². The van der Waals surface area contributed by atoms with E-state index in [4.69, 9.17) is 11.6 Å². The summed E-state index contributed by atoms with van der Waals surface area (Å²) in [5.41, 5.74) is -4.79. The number of ketones is 1. The summed E-state index contributed by atoms with van der Waals surface area (Å²) < 4.78 is 94.9. The first-order valence-corrected chi connectivity index (χ1v) is 14.8. The van der Waals surface area contributed by atoms with Crippen molar-refractivity contribution in [1.29, 1.82) is 0 Å². The Morgan fingerprint density at radius 2 is 1.90 bits per heavy atom. The van der Waals surface area contributed by atoms with Gasteiger partial charge in [0, 0.05) is 30.0 Å². The number of amides is 1. The van der Waals surface area contributed by atoms with Gasteiger partial charge >= 0.3 is 12.8 Å². The standard InChI is InChI=1S/C26H29ClF5N3O6S/c1-2-35-20(16-4-3-15(11-17(16)41-23(28)29)21(36)25(9-10-25)26(30,31)32)18(27)19(34-35)22(37)33-13-24(38)7-5-14(6-8-24)12-42(39)40/h3-4,11,14,23,38H,2,5-10,12-13H2,1H3,(H,33,37)(H,39,40)/p-1. The van der Waals surface area contributed by atoms with Gasteiger partial charge in [-0.05, 0) is 63.5 Å². The molecule has 16 heteroatoms. The van der Waals surface area contributed by atoms with Gasteiger partial charge in [-0.1, -0.05) is 28.7 Å². The Morgan fingerprint density at radius 3 is 2.43 bits per heavy atom. The molecule has 1 atom stereocenters. The number of aliphatic hydroxyl groups is 1. The summed E-state index contributed by atoms with van der Waals surface area (Å²) in [6, 6.07) is 2.97. The van der Waals surface area contributed by atoms with E-state index >= 15 is 0 Å². The van der Waals surface area contributed by atoms with Gasteiger partial charge in [-0.2, -0.15) is 27.1 Å². The average Bonchev–Trinajstić information content (AvgIpc) is 3.67. The van der Waals surface area contributed by atoms with Crippen LogP contribution in [0.4, 0.5) is 22.0 Å². The van der Waals surface area contributed by atoms with E-state index in [2.05, 4.69) is 15.2 Å². The van der Waals surface area contributed by atoms with Gasteiger partial charge in [-0.3, -0.25) is 18.5 Å². The minimum atomic E-state index is -4.80. The maximum Gasteiger partial charge on any atom is 0.401 e. The van der Waals surface area contributed by atoms with Crippen LogP contribution in [0.5, 0.6) is 5.75 Å². The summed E-state index contributed by atoms with van der Waals surface area (Å²) in [6.07, 6.45) is -4.21. The molecule has 1 aromatic carbocycles. The maximum absolute atomic E-state index is 13.5. The van der Waals surface area contributed by atoms with Crippen molar-refractivity contribution < 1.29 is 50.1 Å². The Balaban J connectivity index is 1.59. The number of benzene rings is 1. The van der Waals surface area contributed by atoms with Gasteiger partial charge in [0.1, 0.15) is 11.2 Å². The molecule has 1 aromatic heterocycles. The summed E-state index contributed by atoms with van der Waals surface area (Å²) in [5.74, 6) is -2.77. The summed E-state index contributed by atoms with van der Waals surface area (Å²) in [7, 11) is 0. The zero-order valence-corrected chi connectivity index (χ0v) is 23.9. The van der Waals surface area contributed by atoms with E-state index in [-0.39, 0.29) is 59.6 Å². The molecular weight excluding hydrogens is 613 g/mol. The van der Waals surface area contributed by atoms with Crippen molar-refractivity contribution in [2.24, 2.45) is 11.3 Å². The highest BCUT2D eigenvalue weighted by molar-refractivity contribution is 7.79. The van der Waals surface area contributed by atoms with Crippen molar-refractivity contribution in [1.82, 2.24) is 15.1 Å². The first-order valence-electron chi connectivity index (χ1n) is 13.1. The Labute approximate surface area is 245 Å². The van der Waals surface area contributed by atoms with Crippen LogP contribution >= 0.6 is 11.6 Å². The molecule has 2 saturated carbocycles. The van der Waals surface area contributed by atoms with Gasteiger partial charge in [-0.15, -0.1) is 0 Å². The van der Waals surface area contributed by atoms with Crippen LogP contribution in [0.1, 0.15) is 66.3 Å². The molecule has 4 rings (SSSR count). The van der Waals surface area contributed by atoms with E-state index in [0.717, 1.165) is 18.2 Å². The molecule has 0 saturated heterocycles. The van der Waals surface area contributed by atoms with Crippen molar-refractivity contribution >= 4 is 34.4 Å². The van der Waals surface area contributed by atoms with E-state index in [9.17, 15) is 45.4 Å². The Hall–Kier alpha value is -2.62. The molecule has 0 bridgehead atoms. The molecule has 42 heavy (non-hydrogen) atoms. The summed E-state index contributed by atoms with van der Waals surface area (Å²) in [4.78, 5) is 25.8. The number of alkyl halides is 5. The number of aromatic nitrogens is 2. The third-order valence-electron chi connectivity index (χ3n) is 7.84. The number of nitrogens with zero attached hydrogens (tertiary/aromatic N) is 2. The second kappa shape index (κ2) is 12.2. The van der Waals surface area contributed by atoms with E-state index in [1.54, 1.807) is 6.92 Å². The molecular formula is C26H28ClF5N3O6S-. The lowest BCUT2D eigenvalue weighted by atomic mass is 9.79. The Kier molecular flexibility index (Phi) is 9.36. The lowest BCUT2D eigenvalue weighted by Gasteiger charge is -2.36. The Morgan fingerprint density at radius 1 is 1.26 bits per heavy atom. The molecule has 1 unspecified atom stereocenters. The zero-order valence-electron chi connectivity index (χ0n) is 22.3. The number of ether oxygens (including phenoxy) is 1. The molecule has 0 aliphatic heterocycles. The average molecular weight is 641 g/mol. The van der Waals surface area contributed by atoms with Gasteiger partial charge in [0.15, 0.2) is 11.5 Å². The van der Waals surface area contributed by atoms with Crippen LogP contribution in [0, 0.1) is 11.3 Å². The highest BCUT2D eigenvalue weighted by Crippen LogP contribution is 2.59. The van der Waals surface area contributed by atoms with Crippen LogP contribution in [-0.4, -0.2) is 66.0 Å². The molecule has 9 nitrogen and oxygen atoms in total. The van der Waals surface area contributed by atoms with Crippen LogP contribution in [0.25, 0.3) is 11.3 Å². The number of halogens is 6. The summed E-state index contributed by atoms with van der Waals surface area (Å²) in [6.45, 7) is -1.85. The third kappa shape index (κ3) is 6.63. The van der Waals surface area contributed by atoms with E-state index in [1.165, 1.54) is 4.68 Å². The number of aryl methyl sites for hydroxylation is 1. The second-order valence-electron chi connectivity index (χ2n) is 10.6. The number of carbonyl (C=O) groups excluding carboxylic acids is 2. The molecule has 2 fully saturated rings. The van der Waals surface area contributed by atoms with Crippen LogP contribution < -0.4 is 10.1 Å². The number of Topliss-reactive ketones (excluding diaryl/α,β-unsaturated/α-hetero) is 1. The van der Waals surface area contributed by atoms with Gasteiger partial charge in [0.2, 0.25) is 0 Å². The van der Waals surface area contributed by atoms with Crippen molar-refractivity contribution in [3.63, 3.8) is 0 Å². The predicted octanol–water partition coefficient (Wildman–Crippen LogP) is 4.88. The fourth-order valence-corrected chi connectivity index (χ4v) is 6.29. The van der Waals surface area contributed by atoms with E-state index < -0.39 is 70.7 Å². The van der Waals surface area contributed by atoms with Crippen molar-refractivity contribution in [2.45, 2.75) is 70.4 Å². The second-order valence-corrected chi connectivity index (χ2v) is 12.0. The predicted molar refractivity (Wildman–Crippen MR) is 140 cm³/mol. The Bertz CT molecular complexity index is 1370. The first kappa shape index (κ1) is 32.3. The first-order chi connectivity index (χ1) is 19.6. The topological polar surface area (TPSA) is 134 Å². The molecule has 0 radical (unpaired) electrons. The van der Waals surface area contributed by atoms with Gasteiger partial charge in [0.05, 0.1) is 16.3 Å². The molecule has 1 amide bonds. The molecule has 2 aliphatic rings. The maximum atomic E-state index is 13.5. The largest absolute Gasteiger partial charge is 0.772 e. The lowest BCUT2D eigenvalue weighted by molar-refractivity contribution is -0.171. The number of hydrogen-bond acceptors (Lipinski definition) is 7. The van der Waals surface area contributed by atoms with Crippen molar-refractivity contribution in [3.8, 4) is 17.0 Å². The molecule has 1 heterocycles. The lowest BCUT2D eigenvalue weighted by Crippen LogP contribution is -2.46. The zero-order chi connectivity index (χ0) is 31.0.